The molecule has 2 aromatic carbocycles. The maximum atomic E-state index is 5.89. The summed E-state index contributed by atoms with van der Waals surface area (Å²) in [5.74, 6) is 2.16. The molecule has 0 radical (unpaired) electrons. The van der Waals surface area contributed by atoms with Crippen LogP contribution in [0.1, 0.15) is 31.4 Å². The van der Waals surface area contributed by atoms with Crippen molar-refractivity contribution < 1.29 is 9.47 Å². The maximum absolute atomic E-state index is 5.89. The first kappa shape index (κ1) is 19.8. The number of rotatable bonds is 8. The molecule has 0 saturated heterocycles. The van der Waals surface area contributed by atoms with Gasteiger partial charge in [0.15, 0.2) is 16.7 Å². The highest BCUT2D eigenvalue weighted by Crippen LogP contribution is 2.28. The number of nitrogens with two attached hydrogens (primary N) is 1. The lowest BCUT2D eigenvalue weighted by Gasteiger charge is -2.15. The van der Waals surface area contributed by atoms with Crippen molar-refractivity contribution in [2.24, 2.45) is 15.9 Å². The Hall–Kier alpha value is -2.47. The summed E-state index contributed by atoms with van der Waals surface area (Å²) >= 11 is 1.45. The van der Waals surface area contributed by atoms with Gasteiger partial charge in [-0.2, -0.15) is 5.10 Å². The molecule has 0 heterocycles. The minimum Gasteiger partial charge on any atom is -0.493 e. The van der Waals surface area contributed by atoms with Gasteiger partial charge in [0.1, 0.15) is 0 Å². The van der Waals surface area contributed by atoms with Gasteiger partial charge in [0.2, 0.25) is 0 Å². The second-order valence-corrected chi connectivity index (χ2v) is 6.70. The van der Waals surface area contributed by atoms with E-state index in [-0.39, 0.29) is 6.10 Å². The average Bonchev–Trinajstić information content (AvgIpc) is 2.68. The van der Waals surface area contributed by atoms with Crippen molar-refractivity contribution in [1.82, 2.24) is 0 Å². The predicted octanol–water partition coefficient (Wildman–Crippen LogP) is 4.45. The summed E-state index contributed by atoms with van der Waals surface area (Å²) in [4.78, 5) is 0. The Morgan fingerprint density at radius 1 is 1.19 bits per heavy atom. The van der Waals surface area contributed by atoms with E-state index in [1.807, 2.05) is 43.3 Å². The third kappa shape index (κ3) is 6.44. The second-order valence-electron chi connectivity index (χ2n) is 5.70. The summed E-state index contributed by atoms with van der Waals surface area (Å²) in [6, 6.07) is 15.8. The van der Waals surface area contributed by atoms with E-state index in [2.05, 4.69) is 29.3 Å². The first-order valence-electron chi connectivity index (χ1n) is 8.50. The molecule has 1 unspecified atom stereocenters. The molecule has 2 N–H and O–H groups in total. The van der Waals surface area contributed by atoms with Crippen molar-refractivity contribution in [3.8, 4) is 11.5 Å². The Bertz CT molecular complexity index is 748. The Kier molecular flexibility index (Phi) is 8.02. The predicted molar refractivity (Wildman–Crippen MR) is 110 cm³/mol. The van der Waals surface area contributed by atoms with Crippen LogP contribution in [0.5, 0.6) is 11.5 Å². The Morgan fingerprint density at radius 3 is 2.65 bits per heavy atom. The molecular formula is C20H25N3O2S. The molecular weight excluding hydrogens is 346 g/mol. The van der Waals surface area contributed by atoms with Crippen molar-refractivity contribution in [3.05, 3.63) is 59.7 Å². The molecule has 138 valence electrons. The molecule has 0 saturated carbocycles. The quantitative estimate of drug-likeness (QED) is 0.423. The number of hydrogen-bond acceptors (Lipinski definition) is 5. The highest BCUT2D eigenvalue weighted by molar-refractivity contribution is 8.13. The molecule has 0 aliphatic heterocycles. The van der Waals surface area contributed by atoms with Crippen LogP contribution in [0.25, 0.3) is 0 Å². The van der Waals surface area contributed by atoms with E-state index in [0.717, 1.165) is 23.5 Å². The molecule has 2 aromatic rings. The summed E-state index contributed by atoms with van der Waals surface area (Å²) in [5, 5.41) is 8.51. The van der Waals surface area contributed by atoms with Crippen LogP contribution in [-0.4, -0.2) is 24.6 Å². The summed E-state index contributed by atoms with van der Waals surface area (Å²) in [6.45, 7) is 4.11. The normalized spacial score (nSPS) is 13.0. The smallest absolute Gasteiger partial charge is 0.180 e. The van der Waals surface area contributed by atoms with Crippen LogP contribution in [0, 0.1) is 0 Å². The van der Waals surface area contributed by atoms with E-state index in [0.29, 0.717) is 10.9 Å². The lowest BCUT2D eigenvalue weighted by Crippen LogP contribution is -2.10. The van der Waals surface area contributed by atoms with Crippen LogP contribution in [0.2, 0.25) is 0 Å². The van der Waals surface area contributed by atoms with E-state index in [1.54, 1.807) is 13.3 Å². The standard InChI is InChI=1S/C20H25N3O2S/c1-4-15(2)25-18-11-10-17(12-19(18)24-3)13-22-23-20(21)26-14-16-8-6-5-7-9-16/h5-13,15H,4,14H2,1-3H3,(H2,21,23). The molecule has 0 fully saturated rings. The van der Waals surface area contributed by atoms with Crippen molar-refractivity contribution in [3.63, 3.8) is 0 Å². The van der Waals surface area contributed by atoms with Crippen LogP contribution in [0.4, 0.5) is 0 Å². The van der Waals surface area contributed by atoms with Gasteiger partial charge in [-0.15, -0.1) is 5.10 Å². The van der Waals surface area contributed by atoms with Crippen LogP contribution >= 0.6 is 11.8 Å². The molecule has 5 nitrogen and oxygen atoms in total. The monoisotopic (exact) mass is 371 g/mol. The Balaban J connectivity index is 1.96. The van der Waals surface area contributed by atoms with Gasteiger partial charge >= 0.3 is 0 Å². The fourth-order valence-corrected chi connectivity index (χ4v) is 2.69. The molecule has 0 aliphatic rings. The van der Waals surface area contributed by atoms with Crippen LogP contribution < -0.4 is 15.2 Å². The van der Waals surface area contributed by atoms with E-state index in [9.17, 15) is 0 Å². The van der Waals surface area contributed by atoms with Crippen molar-refractivity contribution >= 4 is 23.1 Å². The number of ether oxygens (including phenoxy) is 2. The highest BCUT2D eigenvalue weighted by Gasteiger charge is 2.08. The van der Waals surface area contributed by atoms with Gasteiger partial charge in [-0.05, 0) is 42.7 Å². The SMILES string of the molecule is CCC(C)Oc1ccc(C=NN=C(N)SCc2ccccc2)cc1OC. The molecule has 0 aromatic heterocycles. The summed E-state index contributed by atoms with van der Waals surface area (Å²) in [6.07, 6.45) is 2.71. The lowest BCUT2D eigenvalue weighted by atomic mass is 10.2. The van der Waals surface area contributed by atoms with Crippen LogP contribution in [0.3, 0.4) is 0 Å². The minimum absolute atomic E-state index is 0.134. The highest BCUT2D eigenvalue weighted by atomic mass is 32.2. The zero-order chi connectivity index (χ0) is 18.8. The topological polar surface area (TPSA) is 69.2 Å². The number of thioether (sulfide) groups is 1. The fraction of sp³-hybridized carbons (Fsp3) is 0.300. The van der Waals surface area contributed by atoms with Crippen LogP contribution in [0.15, 0.2) is 58.7 Å². The number of nitrogens with zero attached hydrogens (tertiary/aromatic N) is 2. The fourth-order valence-electron chi connectivity index (χ4n) is 2.07. The van der Waals surface area contributed by atoms with E-state index >= 15 is 0 Å². The molecule has 0 spiro atoms. The van der Waals surface area contributed by atoms with E-state index in [1.165, 1.54) is 17.3 Å². The molecule has 26 heavy (non-hydrogen) atoms. The second kappa shape index (κ2) is 10.5. The maximum Gasteiger partial charge on any atom is 0.180 e. The molecule has 0 aliphatic carbocycles. The summed E-state index contributed by atoms with van der Waals surface area (Å²) in [7, 11) is 1.62. The number of methoxy groups -OCH3 is 1. The zero-order valence-corrected chi connectivity index (χ0v) is 16.2. The van der Waals surface area contributed by atoms with E-state index < -0.39 is 0 Å². The van der Waals surface area contributed by atoms with Gasteiger partial charge in [0.05, 0.1) is 19.4 Å². The van der Waals surface area contributed by atoms with Gasteiger partial charge in [-0.1, -0.05) is 49.0 Å². The first-order valence-corrected chi connectivity index (χ1v) is 9.48. The molecule has 2 rings (SSSR count). The van der Waals surface area contributed by atoms with Gasteiger partial charge < -0.3 is 15.2 Å². The van der Waals surface area contributed by atoms with Gasteiger partial charge in [-0.3, -0.25) is 0 Å². The Labute approximate surface area is 159 Å². The third-order valence-electron chi connectivity index (χ3n) is 3.68. The number of hydrogen-bond donors (Lipinski definition) is 1. The minimum atomic E-state index is 0.134. The van der Waals surface area contributed by atoms with Gasteiger partial charge in [-0.25, -0.2) is 0 Å². The first-order chi connectivity index (χ1) is 12.6. The summed E-state index contributed by atoms with van der Waals surface area (Å²) < 4.78 is 11.2. The molecule has 6 heteroatoms. The number of amidine groups is 1. The van der Waals surface area contributed by atoms with E-state index in [4.69, 9.17) is 15.2 Å². The van der Waals surface area contributed by atoms with Crippen molar-refractivity contribution in [2.45, 2.75) is 32.1 Å². The van der Waals surface area contributed by atoms with Crippen molar-refractivity contribution in [2.75, 3.05) is 7.11 Å². The summed E-state index contributed by atoms with van der Waals surface area (Å²) in [5.41, 5.74) is 7.95. The van der Waals surface area contributed by atoms with Crippen molar-refractivity contribution in [1.29, 1.82) is 0 Å². The average molecular weight is 372 g/mol. The zero-order valence-electron chi connectivity index (χ0n) is 15.4. The molecule has 0 bridgehead atoms. The number of benzene rings is 2. The van der Waals surface area contributed by atoms with Gasteiger partial charge in [0, 0.05) is 5.75 Å². The van der Waals surface area contributed by atoms with Crippen LogP contribution in [-0.2, 0) is 5.75 Å². The molecule has 1 atom stereocenters. The third-order valence-corrected chi connectivity index (χ3v) is 4.54. The Morgan fingerprint density at radius 2 is 1.96 bits per heavy atom. The lowest BCUT2D eigenvalue weighted by molar-refractivity contribution is 0.207. The van der Waals surface area contributed by atoms with Gasteiger partial charge in [0.25, 0.3) is 0 Å². The largest absolute Gasteiger partial charge is 0.493 e. The molecule has 0 amide bonds.